The number of carboxylic acids is 1. The minimum atomic E-state index is -4.31. The Morgan fingerprint density at radius 1 is 1.44 bits per heavy atom. The number of thioether (sulfide) groups is 1. The smallest absolute Gasteiger partial charge is 0.441 e. The third-order valence-corrected chi connectivity index (χ3v) is 3.18. The Morgan fingerprint density at radius 2 is 2.11 bits per heavy atom. The normalized spacial score (nSPS) is 13.3. The van der Waals surface area contributed by atoms with Gasteiger partial charge in [0.1, 0.15) is 0 Å². The van der Waals surface area contributed by atoms with Crippen molar-refractivity contribution in [2.45, 2.75) is 24.8 Å². The maximum Gasteiger partial charge on any atom is 0.441 e. The molecule has 0 aliphatic rings. The lowest BCUT2D eigenvalue weighted by Crippen LogP contribution is -2.14. The van der Waals surface area contributed by atoms with Crippen molar-refractivity contribution in [2.75, 3.05) is 5.75 Å². The molecule has 100 valence electrons. The van der Waals surface area contributed by atoms with E-state index in [1.807, 2.05) is 13.0 Å². The topological polar surface area (TPSA) is 37.3 Å². The lowest BCUT2D eigenvalue weighted by molar-refractivity contribution is -0.138. The van der Waals surface area contributed by atoms with Gasteiger partial charge in [0.15, 0.2) is 0 Å². The highest BCUT2D eigenvalue weighted by molar-refractivity contribution is 8.00. The summed E-state index contributed by atoms with van der Waals surface area (Å²) in [6, 6.07) is 6.84. The summed E-state index contributed by atoms with van der Waals surface area (Å²) in [5.41, 5.74) is -2.87. The fraction of sp³-hybridized carbons (Fsp3) is 0.417. The van der Waals surface area contributed by atoms with Crippen molar-refractivity contribution < 1.29 is 23.1 Å². The van der Waals surface area contributed by atoms with E-state index in [2.05, 4.69) is 0 Å². The largest absolute Gasteiger partial charge is 0.481 e. The molecule has 0 aromatic heterocycles. The predicted molar refractivity (Wildman–Crippen MR) is 64.7 cm³/mol. The highest BCUT2D eigenvalue weighted by Crippen LogP contribution is 2.33. The zero-order chi connectivity index (χ0) is 13.8. The second kappa shape index (κ2) is 6.13. The average Bonchev–Trinajstić information content (AvgIpc) is 2.22. The van der Waals surface area contributed by atoms with Crippen molar-refractivity contribution in [1.29, 1.82) is 0 Å². The molecule has 1 unspecified atom stereocenters. The van der Waals surface area contributed by atoms with Gasteiger partial charge in [-0.05, 0) is 18.9 Å². The molecule has 0 aliphatic heterocycles. The van der Waals surface area contributed by atoms with E-state index in [1.165, 1.54) is 0 Å². The van der Waals surface area contributed by atoms with E-state index < -0.39 is 17.4 Å². The maximum absolute atomic E-state index is 12.0. The molecule has 2 nitrogen and oxygen atoms in total. The first-order chi connectivity index (χ1) is 8.29. The van der Waals surface area contributed by atoms with Gasteiger partial charge in [0.05, 0.1) is 5.92 Å². The van der Waals surface area contributed by atoms with Crippen LogP contribution in [0.5, 0.6) is 0 Å². The van der Waals surface area contributed by atoms with E-state index in [-0.39, 0.29) is 23.9 Å². The highest BCUT2D eigenvalue weighted by atomic mass is 32.2. The molecule has 0 saturated heterocycles. The lowest BCUT2D eigenvalue weighted by atomic mass is 9.95. The van der Waals surface area contributed by atoms with Crippen LogP contribution in [0.3, 0.4) is 0 Å². The number of aliphatic carboxylic acids is 1. The molecule has 0 spiro atoms. The van der Waals surface area contributed by atoms with Gasteiger partial charge in [0.25, 0.3) is 0 Å². The number of hydrogen-bond donors (Lipinski definition) is 1. The Bertz CT molecular complexity index is 418. The monoisotopic (exact) mass is 278 g/mol. The number of halogens is 3. The van der Waals surface area contributed by atoms with E-state index in [4.69, 9.17) is 5.11 Å². The molecule has 0 aliphatic carbocycles. The number of carboxylic acid groups (broad SMARTS) is 1. The standard InChI is InChI=1S/C12H13F3O2S/c1-8-3-2-4-9(7-8)10(11(16)17)5-6-18-12(13,14)15/h2-4,7,10H,5-6H2,1H3,(H,16,17). The summed E-state index contributed by atoms with van der Waals surface area (Å²) in [6.45, 7) is 1.81. The second-order valence-corrected chi connectivity index (χ2v) is 5.05. The van der Waals surface area contributed by atoms with Crippen LogP contribution < -0.4 is 0 Å². The van der Waals surface area contributed by atoms with Crippen molar-refractivity contribution in [3.05, 3.63) is 35.4 Å². The Balaban J connectivity index is 2.69. The van der Waals surface area contributed by atoms with Crippen LogP contribution in [0.15, 0.2) is 24.3 Å². The molecule has 0 amide bonds. The van der Waals surface area contributed by atoms with Crippen molar-refractivity contribution in [1.82, 2.24) is 0 Å². The first kappa shape index (κ1) is 14.9. The molecule has 18 heavy (non-hydrogen) atoms. The number of alkyl halides is 3. The van der Waals surface area contributed by atoms with Crippen LogP contribution in [0.1, 0.15) is 23.5 Å². The summed E-state index contributed by atoms with van der Waals surface area (Å²) >= 11 is -0.185. The molecule has 0 bridgehead atoms. The van der Waals surface area contributed by atoms with E-state index in [1.54, 1.807) is 18.2 Å². The van der Waals surface area contributed by atoms with Crippen LogP contribution in [0.25, 0.3) is 0 Å². The molecular weight excluding hydrogens is 265 g/mol. The van der Waals surface area contributed by atoms with E-state index in [0.717, 1.165) is 5.56 Å². The van der Waals surface area contributed by atoms with Crippen molar-refractivity contribution in [3.63, 3.8) is 0 Å². The summed E-state index contributed by atoms with van der Waals surface area (Å²) < 4.78 is 36.0. The summed E-state index contributed by atoms with van der Waals surface area (Å²) in [6.07, 6.45) is -0.0387. The van der Waals surface area contributed by atoms with Gasteiger partial charge in [-0.2, -0.15) is 13.2 Å². The average molecular weight is 278 g/mol. The molecule has 1 aromatic carbocycles. The summed E-state index contributed by atoms with van der Waals surface area (Å²) in [4.78, 5) is 11.1. The zero-order valence-corrected chi connectivity index (χ0v) is 10.5. The van der Waals surface area contributed by atoms with Crippen molar-refractivity contribution in [3.8, 4) is 0 Å². The number of benzene rings is 1. The van der Waals surface area contributed by atoms with Gasteiger partial charge >= 0.3 is 11.5 Å². The number of aryl methyl sites for hydroxylation is 1. The van der Waals surface area contributed by atoms with Gasteiger partial charge in [0.2, 0.25) is 0 Å². The molecule has 0 saturated carbocycles. The van der Waals surface area contributed by atoms with E-state index in [0.29, 0.717) is 5.56 Å². The first-order valence-electron chi connectivity index (χ1n) is 5.29. The lowest BCUT2D eigenvalue weighted by Gasteiger charge is -2.13. The van der Waals surface area contributed by atoms with Crippen molar-refractivity contribution in [2.24, 2.45) is 0 Å². The van der Waals surface area contributed by atoms with Gasteiger partial charge in [-0.3, -0.25) is 4.79 Å². The van der Waals surface area contributed by atoms with Crippen LogP contribution in [0.2, 0.25) is 0 Å². The maximum atomic E-state index is 12.0. The minimum absolute atomic E-state index is 0.0387. The Hall–Kier alpha value is -1.17. The summed E-state index contributed by atoms with van der Waals surface area (Å²) in [7, 11) is 0. The summed E-state index contributed by atoms with van der Waals surface area (Å²) in [5, 5.41) is 9.06. The fourth-order valence-electron chi connectivity index (χ4n) is 1.61. The van der Waals surface area contributed by atoms with Gasteiger partial charge < -0.3 is 5.11 Å². The Labute approximate surface area is 107 Å². The first-order valence-corrected chi connectivity index (χ1v) is 6.28. The molecule has 0 heterocycles. The van der Waals surface area contributed by atoms with Gasteiger partial charge in [-0.1, -0.05) is 41.6 Å². The zero-order valence-electron chi connectivity index (χ0n) is 9.70. The van der Waals surface area contributed by atoms with Crippen LogP contribution >= 0.6 is 11.8 Å². The summed E-state index contributed by atoms with van der Waals surface area (Å²) in [5.74, 6) is -2.24. The predicted octanol–water partition coefficient (Wildman–Crippen LogP) is 3.81. The minimum Gasteiger partial charge on any atom is -0.481 e. The van der Waals surface area contributed by atoms with Gasteiger partial charge in [0, 0.05) is 5.75 Å². The molecule has 6 heteroatoms. The fourth-order valence-corrected chi connectivity index (χ4v) is 2.20. The SMILES string of the molecule is Cc1cccc(C(CCSC(F)(F)F)C(=O)O)c1. The van der Waals surface area contributed by atoms with Crippen LogP contribution in [0, 0.1) is 6.92 Å². The van der Waals surface area contributed by atoms with Gasteiger partial charge in [-0.25, -0.2) is 0 Å². The molecule has 1 N–H and O–H groups in total. The van der Waals surface area contributed by atoms with Crippen LogP contribution in [0.4, 0.5) is 13.2 Å². The number of hydrogen-bond acceptors (Lipinski definition) is 2. The molecule has 0 radical (unpaired) electrons. The highest BCUT2D eigenvalue weighted by Gasteiger charge is 2.29. The molecular formula is C12H13F3O2S. The number of carbonyl (C=O) groups is 1. The van der Waals surface area contributed by atoms with Crippen LogP contribution in [-0.2, 0) is 4.79 Å². The molecule has 1 atom stereocenters. The van der Waals surface area contributed by atoms with E-state index in [9.17, 15) is 18.0 Å². The Morgan fingerprint density at radius 3 is 2.61 bits per heavy atom. The second-order valence-electron chi connectivity index (χ2n) is 3.89. The third kappa shape index (κ3) is 5.00. The van der Waals surface area contributed by atoms with Gasteiger partial charge in [-0.15, -0.1) is 0 Å². The quantitative estimate of drug-likeness (QED) is 0.890. The third-order valence-electron chi connectivity index (χ3n) is 2.41. The van der Waals surface area contributed by atoms with Crippen molar-refractivity contribution >= 4 is 17.7 Å². The molecule has 1 aromatic rings. The molecule has 0 fully saturated rings. The Kier molecular flexibility index (Phi) is 5.07. The molecule has 1 rings (SSSR count). The van der Waals surface area contributed by atoms with Crippen LogP contribution in [-0.4, -0.2) is 22.3 Å². The van der Waals surface area contributed by atoms with E-state index >= 15 is 0 Å². The number of rotatable bonds is 5.